The molecule has 0 spiro atoms. The van der Waals surface area contributed by atoms with Crippen molar-refractivity contribution >= 4 is 23.7 Å². The van der Waals surface area contributed by atoms with E-state index in [4.69, 9.17) is 4.74 Å². The third kappa shape index (κ3) is 3.40. The number of benzene rings is 1. The second-order valence-electron chi connectivity index (χ2n) is 6.33. The third-order valence-electron chi connectivity index (χ3n) is 4.65. The first-order valence-electron chi connectivity index (χ1n) is 8.39. The molecule has 0 bridgehead atoms. The Morgan fingerprint density at radius 1 is 1.12 bits per heavy atom. The zero-order valence-electron chi connectivity index (χ0n) is 14.1. The highest BCUT2D eigenvalue weighted by molar-refractivity contribution is 6.22. The Morgan fingerprint density at radius 3 is 2.36 bits per heavy atom. The van der Waals surface area contributed by atoms with E-state index in [9.17, 15) is 19.2 Å². The number of rotatable bonds is 4. The fourth-order valence-electron chi connectivity index (χ4n) is 3.25. The highest BCUT2D eigenvalue weighted by Gasteiger charge is 2.36. The molecule has 7 nitrogen and oxygen atoms in total. The summed E-state index contributed by atoms with van der Waals surface area (Å²) in [7, 11) is 0. The summed E-state index contributed by atoms with van der Waals surface area (Å²) in [5.74, 6) is -2.06. The first-order chi connectivity index (χ1) is 12.0. The minimum absolute atomic E-state index is 0.135. The molecule has 0 N–H and O–H groups in total. The number of piperidine rings is 1. The average Bonchev–Trinajstić information content (AvgIpc) is 2.85. The summed E-state index contributed by atoms with van der Waals surface area (Å²) in [4.78, 5) is 51.1. The lowest BCUT2D eigenvalue weighted by atomic mass is 10.0. The lowest BCUT2D eigenvalue weighted by molar-refractivity contribution is -0.153. The molecule has 1 aromatic carbocycles. The molecule has 3 rings (SSSR count). The van der Waals surface area contributed by atoms with Crippen molar-refractivity contribution in [1.82, 2.24) is 9.80 Å². The summed E-state index contributed by atoms with van der Waals surface area (Å²) in [6, 6.07) is 6.54. The van der Waals surface area contributed by atoms with Gasteiger partial charge in [0.2, 0.25) is 0 Å². The van der Waals surface area contributed by atoms with E-state index in [0.717, 1.165) is 24.2 Å². The first kappa shape index (κ1) is 17.1. The van der Waals surface area contributed by atoms with Crippen LogP contribution in [0.15, 0.2) is 24.3 Å². The Labute approximate surface area is 145 Å². The number of imide groups is 1. The van der Waals surface area contributed by atoms with Crippen molar-refractivity contribution in [2.75, 3.05) is 19.7 Å². The topological polar surface area (TPSA) is 84.0 Å². The predicted molar refractivity (Wildman–Crippen MR) is 87.8 cm³/mol. The monoisotopic (exact) mass is 344 g/mol. The molecule has 2 aliphatic heterocycles. The first-order valence-corrected chi connectivity index (χ1v) is 8.39. The maximum atomic E-state index is 12.2. The van der Waals surface area contributed by atoms with Crippen LogP contribution in [0.3, 0.4) is 0 Å². The molecule has 0 unspecified atom stereocenters. The van der Waals surface area contributed by atoms with Crippen LogP contribution in [-0.4, -0.2) is 59.2 Å². The maximum Gasteiger partial charge on any atom is 0.326 e. The number of carbonyl (C=O) groups is 4. The Morgan fingerprint density at radius 2 is 1.76 bits per heavy atom. The number of amides is 3. The van der Waals surface area contributed by atoms with E-state index in [2.05, 4.69) is 0 Å². The fourth-order valence-corrected chi connectivity index (χ4v) is 3.25. The second-order valence-corrected chi connectivity index (χ2v) is 6.33. The van der Waals surface area contributed by atoms with Crippen LogP contribution in [0.25, 0.3) is 0 Å². The van der Waals surface area contributed by atoms with Crippen LogP contribution in [0, 0.1) is 0 Å². The lowest BCUT2D eigenvalue weighted by Gasteiger charge is -2.33. The molecule has 25 heavy (non-hydrogen) atoms. The number of nitrogens with zero attached hydrogens (tertiary/aromatic N) is 2. The largest absolute Gasteiger partial charge is 0.454 e. The van der Waals surface area contributed by atoms with Crippen molar-refractivity contribution < 1.29 is 23.9 Å². The molecule has 1 saturated heterocycles. The molecule has 132 valence electrons. The van der Waals surface area contributed by atoms with Crippen LogP contribution in [0.2, 0.25) is 0 Å². The number of ether oxygens (including phenoxy) is 1. The van der Waals surface area contributed by atoms with Gasteiger partial charge >= 0.3 is 5.97 Å². The number of esters is 1. The Balaban J connectivity index is 1.54. The van der Waals surface area contributed by atoms with E-state index < -0.39 is 24.3 Å². The van der Waals surface area contributed by atoms with Gasteiger partial charge in [-0.1, -0.05) is 12.1 Å². The van der Waals surface area contributed by atoms with E-state index in [1.54, 1.807) is 29.2 Å². The van der Waals surface area contributed by atoms with E-state index in [1.165, 1.54) is 0 Å². The molecule has 7 heteroatoms. The smallest absolute Gasteiger partial charge is 0.326 e. The quantitative estimate of drug-likeness (QED) is 0.606. The lowest BCUT2D eigenvalue weighted by Crippen LogP contribution is -2.44. The SMILES string of the molecule is C[C@H]1CCCCN1C(=O)COC(=O)CN1C(=O)c2ccccc2C1=O. The highest BCUT2D eigenvalue weighted by Crippen LogP contribution is 2.22. The molecule has 1 aromatic rings. The van der Waals surface area contributed by atoms with E-state index in [0.29, 0.717) is 6.54 Å². The van der Waals surface area contributed by atoms with Crippen LogP contribution >= 0.6 is 0 Å². The van der Waals surface area contributed by atoms with Gasteiger partial charge in [0, 0.05) is 12.6 Å². The van der Waals surface area contributed by atoms with Gasteiger partial charge in [-0.05, 0) is 38.3 Å². The number of fused-ring (bicyclic) bond motifs is 1. The minimum Gasteiger partial charge on any atom is -0.454 e. The molecular weight excluding hydrogens is 324 g/mol. The molecule has 0 aliphatic carbocycles. The predicted octanol–water partition coefficient (Wildman–Crippen LogP) is 1.23. The summed E-state index contributed by atoms with van der Waals surface area (Å²) < 4.78 is 4.99. The molecule has 1 atom stereocenters. The van der Waals surface area contributed by atoms with Gasteiger partial charge < -0.3 is 9.64 Å². The molecule has 0 aromatic heterocycles. The van der Waals surface area contributed by atoms with Crippen LogP contribution in [-0.2, 0) is 14.3 Å². The highest BCUT2D eigenvalue weighted by atomic mass is 16.5. The molecular formula is C18H20N2O5. The zero-order chi connectivity index (χ0) is 18.0. The van der Waals surface area contributed by atoms with Crippen molar-refractivity contribution in [3.63, 3.8) is 0 Å². The van der Waals surface area contributed by atoms with Gasteiger partial charge in [0.15, 0.2) is 6.61 Å². The molecule has 0 saturated carbocycles. The number of likely N-dealkylation sites (tertiary alicyclic amines) is 1. The molecule has 2 aliphatic rings. The van der Waals surface area contributed by atoms with Crippen LogP contribution in [0.4, 0.5) is 0 Å². The standard InChI is InChI=1S/C18H20N2O5/c1-12-6-4-5-9-19(12)15(21)11-25-16(22)10-20-17(23)13-7-2-3-8-14(13)18(20)24/h2-3,7-8,12H,4-6,9-11H2,1H3/t12-/m0/s1. The van der Waals surface area contributed by atoms with Gasteiger partial charge in [-0.25, -0.2) is 0 Å². The molecule has 0 radical (unpaired) electrons. The Bertz CT molecular complexity index is 695. The van der Waals surface area contributed by atoms with E-state index >= 15 is 0 Å². The Hall–Kier alpha value is -2.70. The summed E-state index contributed by atoms with van der Waals surface area (Å²) >= 11 is 0. The van der Waals surface area contributed by atoms with Gasteiger partial charge in [-0.3, -0.25) is 24.1 Å². The van der Waals surface area contributed by atoms with Crippen LogP contribution in [0.1, 0.15) is 46.9 Å². The van der Waals surface area contributed by atoms with Gasteiger partial charge in [0.1, 0.15) is 6.54 Å². The van der Waals surface area contributed by atoms with Crippen molar-refractivity contribution in [3.8, 4) is 0 Å². The van der Waals surface area contributed by atoms with Gasteiger partial charge in [-0.2, -0.15) is 0 Å². The van der Waals surface area contributed by atoms with E-state index in [1.807, 2.05) is 6.92 Å². The Kier molecular flexibility index (Phi) is 4.83. The fraction of sp³-hybridized carbons (Fsp3) is 0.444. The van der Waals surface area contributed by atoms with Crippen molar-refractivity contribution in [2.45, 2.75) is 32.2 Å². The number of hydrogen-bond acceptors (Lipinski definition) is 5. The van der Waals surface area contributed by atoms with Crippen molar-refractivity contribution in [3.05, 3.63) is 35.4 Å². The molecule has 1 fully saturated rings. The third-order valence-corrected chi connectivity index (χ3v) is 4.65. The van der Waals surface area contributed by atoms with Crippen LogP contribution in [0.5, 0.6) is 0 Å². The van der Waals surface area contributed by atoms with Gasteiger partial charge in [0.25, 0.3) is 17.7 Å². The van der Waals surface area contributed by atoms with E-state index in [-0.39, 0.29) is 29.7 Å². The summed E-state index contributed by atoms with van der Waals surface area (Å²) in [6.45, 7) is 1.77. The van der Waals surface area contributed by atoms with Crippen LogP contribution < -0.4 is 0 Å². The normalized spacial score (nSPS) is 19.8. The molecule has 3 amide bonds. The van der Waals surface area contributed by atoms with Crippen molar-refractivity contribution in [1.29, 1.82) is 0 Å². The zero-order valence-corrected chi connectivity index (χ0v) is 14.1. The number of hydrogen-bond donors (Lipinski definition) is 0. The summed E-state index contributed by atoms with van der Waals surface area (Å²) in [5, 5.41) is 0. The average molecular weight is 344 g/mol. The number of carbonyl (C=O) groups excluding carboxylic acids is 4. The minimum atomic E-state index is -0.771. The summed E-state index contributed by atoms with van der Waals surface area (Å²) in [5.41, 5.74) is 0.553. The van der Waals surface area contributed by atoms with Gasteiger partial charge in [0.05, 0.1) is 11.1 Å². The second kappa shape index (κ2) is 7.04. The van der Waals surface area contributed by atoms with Gasteiger partial charge in [-0.15, -0.1) is 0 Å². The maximum absolute atomic E-state index is 12.2. The van der Waals surface area contributed by atoms with Crippen molar-refractivity contribution in [2.24, 2.45) is 0 Å². The summed E-state index contributed by atoms with van der Waals surface area (Å²) in [6.07, 6.45) is 2.97. The molecule has 2 heterocycles.